The molecule has 1 amide bonds. The number of hydrogen-bond acceptors (Lipinski definition) is 2. The fourth-order valence-electron chi connectivity index (χ4n) is 1.71. The Labute approximate surface area is 76.9 Å². The van der Waals surface area contributed by atoms with Crippen LogP contribution in [0.5, 0.6) is 0 Å². The molecule has 3 heteroatoms. The van der Waals surface area contributed by atoms with Crippen LogP contribution in [-0.2, 0) is 0 Å². The Morgan fingerprint density at radius 1 is 1.54 bits per heavy atom. The molecule has 0 saturated carbocycles. The third kappa shape index (κ3) is 1.16. The van der Waals surface area contributed by atoms with Gasteiger partial charge in [0.25, 0.3) is 5.91 Å². The number of nitrogens with two attached hydrogens (primary N) is 1. The minimum absolute atomic E-state index is 0.0498. The van der Waals surface area contributed by atoms with Crippen LogP contribution in [0, 0.1) is 0 Å². The Morgan fingerprint density at radius 2 is 2.31 bits per heavy atom. The molecule has 1 aromatic rings. The molecule has 2 rings (SSSR count). The van der Waals surface area contributed by atoms with Crippen LogP contribution in [0.3, 0.4) is 0 Å². The number of hydrogen-bond donors (Lipinski definition) is 2. The zero-order chi connectivity index (χ0) is 9.42. The van der Waals surface area contributed by atoms with Crippen molar-refractivity contribution in [1.82, 2.24) is 5.32 Å². The van der Waals surface area contributed by atoms with Crippen LogP contribution in [0.15, 0.2) is 18.2 Å². The summed E-state index contributed by atoms with van der Waals surface area (Å²) in [4.78, 5) is 11.5. The van der Waals surface area contributed by atoms with Crippen molar-refractivity contribution < 1.29 is 4.79 Å². The Morgan fingerprint density at radius 3 is 3.00 bits per heavy atom. The summed E-state index contributed by atoms with van der Waals surface area (Å²) in [5, 5.41) is 2.81. The van der Waals surface area contributed by atoms with E-state index >= 15 is 0 Å². The Hall–Kier alpha value is -1.51. The number of nitrogen functional groups attached to an aromatic ring is 1. The van der Waals surface area contributed by atoms with Gasteiger partial charge >= 0.3 is 0 Å². The van der Waals surface area contributed by atoms with Crippen molar-refractivity contribution in [2.75, 3.05) is 12.3 Å². The predicted molar refractivity (Wildman–Crippen MR) is 51.6 cm³/mol. The second-order valence-corrected chi connectivity index (χ2v) is 3.42. The van der Waals surface area contributed by atoms with Crippen LogP contribution in [-0.4, -0.2) is 12.5 Å². The molecule has 13 heavy (non-hydrogen) atoms. The molecule has 0 aromatic heterocycles. The van der Waals surface area contributed by atoms with E-state index in [0.29, 0.717) is 23.7 Å². The van der Waals surface area contributed by atoms with Crippen LogP contribution in [0.25, 0.3) is 0 Å². The number of rotatable bonds is 0. The molecule has 0 fully saturated rings. The van der Waals surface area contributed by atoms with Gasteiger partial charge in [-0.1, -0.05) is 19.1 Å². The standard InChI is InChI=1S/C10H12N2O/c1-6-5-12-10(13)9-7(6)3-2-4-8(9)11/h2-4,6H,5,11H2,1H3,(H,12,13). The smallest absolute Gasteiger partial charge is 0.253 e. The Kier molecular flexibility index (Phi) is 1.72. The monoisotopic (exact) mass is 176 g/mol. The first kappa shape index (κ1) is 8.10. The van der Waals surface area contributed by atoms with Crippen LogP contribution in [0.1, 0.15) is 28.8 Å². The van der Waals surface area contributed by atoms with E-state index in [4.69, 9.17) is 5.73 Å². The summed E-state index contributed by atoms with van der Waals surface area (Å²) in [7, 11) is 0. The lowest BCUT2D eigenvalue weighted by Gasteiger charge is -2.23. The van der Waals surface area contributed by atoms with Gasteiger partial charge in [0.05, 0.1) is 5.56 Å². The van der Waals surface area contributed by atoms with Crippen molar-refractivity contribution in [3.05, 3.63) is 29.3 Å². The van der Waals surface area contributed by atoms with Crippen molar-refractivity contribution in [3.63, 3.8) is 0 Å². The molecule has 0 radical (unpaired) electrons. The fourth-order valence-corrected chi connectivity index (χ4v) is 1.71. The van der Waals surface area contributed by atoms with Crippen molar-refractivity contribution in [2.24, 2.45) is 0 Å². The number of carbonyl (C=O) groups excluding carboxylic acids is 1. The third-order valence-corrected chi connectivity index (χ3v) is 2.46. The number of benzene rings is 1. The van der Waals surface area contributed by atoms with E-state index in [-0.39, 0.29) is 5.91 Å². The van der Waals surface area contributed by atoms with E-state index in [1.165, 1.54) is 0 Å². The topological polar surface area (TPSA) is 55.1 Å². The maximum absolute atomic E-state index is 11.5. The van der Waals surface area contributed by atoms with Gasteiger partial charge in [0, 0.05) is 12.2 Å². The van der Waals surface area contributed by atoms with Gasteiger partial charge in [-0.25, -0.2) is 0 Å². The van der Waals surface area contributed by atoms with Gasteiger partial charge in [-0.3, -0.25) is 4.79 Å². The first-order chi connectivity index (χ1) is 6.20. The van der Waals surface area contributed by atoms with Gasteiger partial charge in [0.2, 0.25) is 0 Å². The highest BCUT2D eigenvalue weighted by atomic mass is 16.1. The maximum Gasteiger partial charge on any atom is 0.253 e. The summed E-state index contributed by atoms with van der Waals surface area (Å²) in [6.07, 6.45) is 0. The van der Waals surface area contributed by atoms with Gasteiger partial charge < -0.3 is 11.1 Å². The molecule has 0 spiro atoms. The molecule has 1 aliphatic rings. The SMILES string of the molecule is CC1CNC(=O)c2c(N)cccc21. The molecule has 0 saturated heterocycles. The number of fused-ring (bicyclic) bond motifs is 1. The van der Waals surface area contributed by atoms with Gasteiger partial charge in [-0.15, -0.1) is 0 Å². The molecular weight excluding hydrogens is 164 g/mol. The van der Waals surface area contributed by atoms with Gasteiger partial charge in [-0.2, -0.15) is 0 Å². The highest BCUT2D eigenvalue weighted by molar-refractivity contribution is 6.01. The molecule has 68 valence electrons. The Bertz CT molecular complexity index is 360. The zero-order valence-electron chi connectivity index (χ0n) is 7.50. The molecule has 1 aliphatic heterocycles. The summed E-state index contributed by atoms with van der Waals surface area (Å²) in [5.41, 5.74) is 8.02. The van der Waals surface area contributed by atoms with E-state index in [0.717, 1.165) is 5.56 Å². The minimum Gasteiger partial charge on any atom is -0.398 e. The maximum atomic E-state index is 11.5. The average molecular weight is 176 g/mol. The van der Waals surface area contributed by atoms with E-state index in [2.05, 4.69) is 12.2 Å². The average Bonchev–Trinajstić information content (AvgIpc) is 2.12. The van der Waals surface area contributed by atoms with Crippen LogP contribution in [0.4, 0.5) is 5.69 Å². The third-order valence-electron chi connectivity index (χ3n) is 2.46. The first-order valence-electron chi connectivity index (χ1n) is 4.36. The van der Waals surface area contributed by atoms with E-state index in [9.17, 15) is 4.79 Å². The van der Waals surface area contributed by atoms with Crippen molar-refractivity contribution >= 4 is 11.6 Å². The fraction of sp³-hybridized carbons (Fsp3) is 0.300. The summed E-state index contributed by atoms with van der Waals surface area (Å²) < 4.78 is 0. The minimum atomic E-state index is -0.0498. The molecule has 1 aromatic carbocycles. The zero-order valence-corrected chi connectivity index (χ0v) is 7.50. The number of amides is 1. The second kappa shape index (κ2) is 2.76. The second-order valence-electron chi connectivity index (χ2n) is 3.42. The molecule has 1 heterocycles. The van der Waals surface area contributed by atoms with Crippen LogP contribution in [0.2, 0.25) is 0 Å². The van der Waals surface area contributed by atoms with Crippen molar-refractivity contribution in [2.45, 2.75) is 12.8 Å². The van der Waals surface area contributed by atoms with Crippen molar-refractivity contribution in [3.8, 4) is 0 Å². The summed E-state index contributed by atoms with van der Waals surface area (Å²) in [6, 6.07) is 5.62. The lowest BCUT2D eigenvalue weighted by atomic mass is 9.91. The lowest BCUT2D eigenvalue weighted by molar-refractivity contribution is 0.0942. The van der Waals surface area contributed by atoms with E-state index in [1.54, 1.807) is 6.07 Å². The summed E-state index contributed by atoms with van der Waals surface area (Å²) in [6.45, 7) is 2.78. The van der Waals surface area contributed by atoms with Gasteiger partial charge in [0.15, 0.2) is 0 Å². The summed E-state index contributed by atoms with van der Waals surface area (Å²) >= 11 is 0. The van der Waals surface area contributed by atoms with Crippen LogP contribution >= 0.6 is 0 Å². The molecular formula is C10H12N2O. The molecule has 3 N–H and O–H groups in total. The molecule has 0 bridgehead atoms. The number of carbonyl (C=O) groups is 1. The van der Waals surface area contributed by atoms with Gasteiger partial charge in [0.1, 0.15) is 0 Å². The quantitative estimate of drug-likeness (QED) is 0.582. The highest BCUT2D eigenvalue weighted by Crippen LogP contribution is 2.27. The number of nitrogens with one attached hydrogen (secondary N) is 1. The lowest BCUT2D eigenvalue weighted by Crippen LogP contribution is -2.34. The van der Waals surface area contributed by atoms with E-state index < -0.39 is 0 Å². The predicted octanol–water partition coefficient (Wildman–Crippen LogP) is 1.12. The molecule has 3 nitrogen and oxygen atoms in total. The largest absolute Gasteiger partial charge is 0.398 e. The highest BCUT2D eigenvalue weighted by Gasteiger charge is 2.23. The molecule has 1 unspecified atom stereocenters. The Balaban J connectivity index is 2.63. The molecule has 1 atom stereocenters. The van der Waals surface area contributed by atoms with E-state index in [1.807, 2.05) is 12.1 Å². The normalized spacial score (nSPS) is 20.7. The first-order valence-corrected chi connectivity index (χ1v) is 4.36. The van der Waals surface area contributed by atoms with Crippen LogP contribution < -0.4 is 11.1 Å². The van der Waals surface area contributed by atoms with Gasteiger partial charge in [-0.05, 0) is 17.5 Å². The summed E-state index contributed by atoms with van der Waals surface area (Å²) in [5.74, 6) is 0.308. The molecule has 0 aliphatic carbocycles. The van der Waals surface area contributed by atoms with Crippen molar-refractivity contribution in [1.29, 1.82) is 0 Å². The number of anilines is 1.